The molecule has 1 aliphatic heterocycles. The summed E-state index contributed by atoms with van der Waals surface area (Å²) in [5.74, 6) is -0.991. The van der Waals surface area contributed by atoms with Crippen molar-refractivity contribution in [2.24, 2.45) is 11.3 Å². The Morgan fingerprint density at radius 1 is 1.31 bits per heavy atom. The molecule has 1 aliphatic rings. The summed E-state index contributed by atoms with van der Waals surface area (Å²) in [5, 5.41) is 2.94. The molecule has 0 saturated carbocycles. The van der Waals surface area contributed by atoms with E-state index in [-0.39, 0.29) is 5.92 Å². The van der Waals surface area contributed by atoms with Gasteiger partial charge in [0, 0.05) is 13.1 Å². The van der Waals surface area contributed by atoms with Crippen LogP contribution >= 0.6 is 0 Å². The molecule has 0 radical (unpaired) electrons. The molecule has 0 aliphatic carbocycles. The molecule has 13 heavy (non-hydrogen) atoms. The number of ether oxygens (including phenoxy) is 1. The summed E-state index contributed by atoms with van der Waals surface area (Å²) in [6.45, 7) is 6.41. The smallest absolute Gasteiger partial charge is 0.319 e. The van der Waals surface area contributed by atoms with E-state index in [1.54, 1.807) is 20.8 Å². The summed E-state index contributed by atoms with van der Waals surface area (Å²) in [6, 6.07) is 0. The average molecular weight is 185 g/mol. The Hall–Kier alpha value is -0.900. The van der Waals surface area contributed by atoms with E-state index in [1.165, 1.54) is 0 Å². The quantitative estimate of drug-likeness (QED) is 0.472. The maximum Gasteiger partial charge on any atom is 0.319 e. The first-order chi connectivity index (χ1) is 5.91. The van der Waals surface area contributed by atoms with E-state index in [1.807, 2.05) is 0 Å². The van der Waals surface area contributed by atoms with Crippen LogP contribution in [0, 0.1) is 11.3 Å². The largest absolute Gasteiger partial charge is 0.392 e. The number of hydrogen-bond donors (Lipinski definition) is 1. The lowest BCUT2D eigenvalue weighted by molar-refractivity contribution is -0.169. The topological polar surface area (TPSA) is 55.4 Å². The minimum atomic E-state index is -0.604. The van der Waals surface area contributed by atoms with Crippen LogP contribution in [-0.4, -0.2) is 25.0 Å². The maximum atomic E-state index is 11.3. The molecule has 0 unspecified atom stereocenters. The van der Waals surface area contributed by atoms with Crippen molar-refractivity contribution >= 4 is 11.9 Å². The van der Waals surface area contributed by atoms with Gasteiger partial charge in [-0.25, -0.2) is 0 Å². The van der Waals surface area contributed by atoms with Gasteiger partial charge in [-0.1, -0.05) is 0 Å². The van der Waals surface area contributed by atoms with Crippen LogP contribution in [0.5, 0.6) is 0 Å². The Kier molecular flexibility index (Phi) is 2.71. The lowest BCUT2D eigenvalue weighted by Gasteiger charge is -2.25. The molecule has 1 fully saturated rings. The highest BCUT2D eigenvalue weighted by Crippen LogP contribution is 2.17. The highest BCUT2D eigenvalue weighted by molar-refractivity contribution is 5.89. The zero-order chi connectivity index (χ0) is 10.1. The predicted octanol–water partition coefficient (Wildman–Crippen LogP) is 0.322. The minimum Gasteiger partial charge on any atom is -0.392 e. The second kappa shape index (κ2) is 3.46. The summed E-state index contributed by atoms with van der Waals surface area (Å²) in [6.07, 6.45) is 0. The lowest BCUT2D eigenvalue weighted by Crippen LogP contribution is -2.48. The third-order valence-electron chi connectivity index (χ3n) is 1.92. The summed E-state index contributed by atoms with van der Waals surface area (Å²) >= 11 is 0. The van der Waals surface area contributed by atoms with E-state index in [0.29, 0.717) is 13.1 Å². The first-order valence-corrected chi connectivity index (χ1v) is 4.38. The SMILES string of the molecule is CC(C)(C)C(=O)OC(=O)C1CNC1. The summed E-state index contributed by atoms with van der Waals surface area (Å²) in [4.78, 5) is 22.5. The van der Waals surface area contributed by atoms with Crippen LogP contribution in [0.3, 0.4) is 0 Å². The van der Waals surface area contributed by atoms with Gasteiger partial charge < -0.3 is 10.1 Å². The number of carbonyl (C=O) groups excluding carboxylic acids is 2. The van der Waals surface area contributed by atoms with E-state index in [2.05, 4.69) is 5.32 Å². The number of hydrogen-bond acceptors (Lipinski definition) is 4. The van der Waals surface area contributed by atoms with Gasteiger partial charge in [-0.05, 0) is 20.8 Å². The van der Waals surface area contributed by atoms with Crippen molar-refractivity contribution in [2.45, 2.75) is 20.8 Å². The Morgan fingerprint density at radius 3 is 2.15 bits per heavy atom. The molecule has 4 nitrogen and oxygen atoms in total. The maximum absolute atomic E-state index is 11.3. The molecule has 0 atom stereocenters. The van der Waals surface area contributed by atoms with Crippen LogP contribution in [0.4, 0.5) is 0 Å². The zero-order valence-electron chi connectivity index (χ0n) is 8.22. The Labute approximate surface area is 77.6 Å². The molecule has 1 N–H and O–H groups in total. The van der Waals surface area contributed by atoms with Crippen molar-refractivity contribution < 1.29 is 14.3 Å². The van der Waals surface area contributed by atoms with Crippen LogP contribution < -0.4 is 5.32 Å². The monoisotopic (exact) mass is 185 g/mol. The fraction of sp³-hybridized carbons (Fsp3) is 0.778. The lowest BCUT2D eigenvalue weighted by atomic mass is 9.97. The van der Waals surface area contributed by atoms with E-state index in [0.717, 1.165) is 0 Å². The van der Waals surface area contributed by atoms with Crippen molar-refractivity contribution in [3.8, 4) is 0 Å². The van der Waals surface area contributed by atoms with E-state index in [9.17, 15) is 9.59 Å². The minimum absolute atomic E-state index is 0.133. The van der Waals surface area contributed by atoms with Gasteiger partial charge in [-0.15, -0.1) is 0 Å². The van der Waals surface area contributed by atoms with Crippen LogP contribution in [0.25, 0.3) is 0 Å². The first kappa shape index (κ1) is 10.2. The van der Waals surface area contributed by atoms with Crippen LogP contribution in [0.15, 0.2) is 0 Å². The molecule has 0 aromatic heterocycles. The van der Waals surface area contributed by atoms with Gasteiger partial charge in [-0.3, -0.25) is 9.59 Å². The average Bonchev–Trinajstić information content (AvgIpc) is 1.79. The molecule has 74 valence electrons. The van der Waals surface area contributed by atoms with Crippen molar-refractivity contribution in [1.29, 1.82) is 0 Å². The molecule has 1 rings (SSSR count). The second-order valence-corrected chi connectivity index (χ2v) is 4.31. The highest BCUT2D eigenvalue weighted by Gasteiger charge is 2.32. The van der Waals surface area contributed by atoms with E-state index >= 15 is 0 Å². The fourth-order valence-electron chi connectivity index (χ4n) is 0.783. The summed E-state index contributed by atoms with van der Waals surface area (Å²) in [5.41, 5.74) is -0.604. The van der Waals surface area contributed by atoms with Crippen molar-refractivity contribution in [2.75, 3.05) is 13.1 Å². The molecule has 0 spiro atoms. The number of rotatable bonds is 1. The molecule has 0 bridgehead atoms. The van der Waals surface area contributed by atoms with Crippen LogP contribution in [0.1, 0.15) is 20.8 Å². The fourth-order valence-corrected chi connectivity index (χ4v) is 0.783. The molecule has 0 aromatic carbocycles. The van der Waals surface area contributed by atoms with Gasteiger partial charge in [-0.2, -0.15) is 0 Å². The highest BCUT2D eigenvalue weighted by atomic mass is 16.6. The normalized spacial score (nSPS) is 17.8. The number of nitrogens with one attached hydrogen (secondary N) is 1. The molecule has 1 heterocycles. The first-order valence-electron chi connectivity index (χ1n) is 4.38. The predicted molar refractivity (Wildman–Crippen MR) is 46.9 cm³/mol. The third kappa shape index (κ3) is 2.52. The van der Waals surface area contributed by atoms with Gasteiger partial charge in [0.25, 0.3) is 0 Å². The summed E-state index contributed by atoms with van der Waals surface area (Å²) in [7, 11) is 0. The van der Waals surface area contributed by atoms with Crippen LogP contribution in [-0.2, 0) is 14.3 Å². The van der Waals surface area contributed by atoms with Gasteiger partial charge in [0.1, 0.15) is 0 Å². The van der Waals surface area contributed by atoms with Gasteiger partial charge in [0.05, 0.1) is 11.3 Å². The number of carbonyl (C=O) groups is 2. The molecule has 1 saturated heterocycles. The Bertz CT molecular complexity index is 226. The van der Waals surface area contributed by atoms with Crippen molar-refractivity contribution in [1.82, 2.24) is 5.32 Å². The summed E-state index contributed by atoms with van der Waals surface area (Å²) < 4.78 is 4.70. The van der Waals surface area contributed by atoms with E-state index in [4.69, 9.17) is 4.74 Å². The zero-order valence-corrected chi connectivity index (χ0v) is 8.22. The van der Waals surface area contributed by atoms with Gasteiger partial charge in [0.15, 0.2) is 0 Å². The second-order valence-electron chi connectivity index (χ2n) is 4.31. The molecule has 4 heteroatoms. The Balaban J connectivity index is 2.39. The van der Waals surface area contributed by atoms with Crippen LogP contribution in [0.2, 0.25) is 0 Å². The molecular formula is C9H15NO3. The van der Waals surface area contributed by atoms with E-state index < -0.39 is 17.4 Å². The van der Waals surface area contributed by atoms with Gasteiger partial charge >= 0.3 is 11.9 Å². The van der Waals surface area contributed by atoms with Crippen molar-refractivity contribution in [3.63, 3.8) is 0 Å². The standard InChI is InChI=1S/C9H15NO3/c1-9(2,3)8(12)13-7(11)6-4-10-5-6/h6,10H,4-5H2,1-3H3. The molecule has 0 amide bonds. The molecule has 0 aromatic rings. The third-order valence-corrected chi connectivity index (χ3v) is 1.92. The Morgan fingerprint density at radius 2 is 1.85 bits per heavy atom. The number of esters is 2. The molecular weight excluding hydrogens is 170 g/mol. The van der Waals surface area contributed by atoms with Crippen molar-refractivity contribution in [3.05, 3.63) is 0 Å². The van der Waals surface area contributed by atoms with Gasteiger partial charge in [0.2, 0.25) is 0 Å².